The number of anilines is 2. The standard InChI is InChI=1S/C16H21N3/c1-2-13-5-3-4-10-19(13)16-8-9-18-15-11-12(17)6-7-14(15)16/h6-9,11,13H,2-5,10,17H2,1H3. The van der Waals surface area contributed by atoms with Crippen molar-refractivity contribution in [1.82, 2.24) is 4.98 Å². The number of rotatable bonds is 2. The molecule has 0 spiro atoms. The molecule has 19 heavy (non-hydrogen) atoms. The van der Waals surface area contributed by atoms with Gasteiger partial charge in [0, 0.05) is 35.5 Å². The van der Waals surface area contributed by atoms with Crippen molar-refractivity contribution >= 4 is 22.3 Å². The zero-order valence-electron chi connectivity index (χ0n) is 11.5. The van der Waals surface area contributed by atoms with Crippen LogP contribution in [0.15, 0.2) is 30.5 Å². The molecule has 1 fully saturated rings. The van der Waals surface area contributed by atoms with Crippen molar-refractivity contribution < 1.29 is 0 Å². The highest BCUT2D eigenvalue weighted by molar-refractivity contribution is 5.93. The fraction of sp³-hybridized carbons (Fsp3) is 0.438. The number of benzene rings is 1. The van der Waals surface area contributed by atoms with Gasteiger partial charge in [-0.2, -0.15) is 0 Å². The molecular formula is C16H21N3. The summed E-state index contributed by atoms with van der Waals surface area (Å²) < 4.78 is 0. The first-order valence-electron chi connectivity index (χ1n) is 7.20. The third-order valence-corrected chi connectivity index (χ3v) is 4.15. The topological polar surface area (TPSA) is 42.2 Å². The molecule has 2 aromatic rings. The average Bonchev–Trinajstić information content (AvgIpc) is 2.46. The van der Waals surface area contributed by atoms with Crippen molar-refractivity contribution in [1.29, 1.82) is 0 Å². The fourth-order valence-corrected chi connectivity index (χ4v) is 3.14. The van der Waals surface area contributed by atoms with E-state index in [4.69, 9.17) is 5.73 Å². The van der Waals surface area contributed by atoms with Crippen LogP contribution in [-0.4, -0.2) is 17.6 Å². The fourth-order valence-electron chi connectivity index (χ4n) is 3.14. The van der Waals surface area contributed by atoms with Crippen LogP contribution in [0.4, 0.5) is 11.4 Å². The minimum absolute atomic E-state index is 0.664. The summed E-state index contributed by atoms with van der Waals surface area (Å²) in [5.41, 5.74) is 8.95. The summed E-state index contributed by atoms with van der Waals surface area (Å²) in [6.07, 6.45) is 7.05. The summed E-state index contributed by atoms with van der Waals surface area (Å²) in [5, 5.41) is 1.22. The lowest BCUT2D eigenvalue weighted by Gasteiger charge is -2.37. The van der Waals surface area contributed by atoms with Crippen molar-refractivity contribution in [3.8, 4) is 0 Å². The first-order chi connectivity index (χ1) is 9.29. The highest BCUT2D eigenvalue weighted by Crippen LogP contribution is 2.32. The smallest absolute Gasteiger partial charge is 0.0743 e. The van der Waals surface area contributed by atoms with Gasteiger partial charge in [0.1, 0.15) is 0 Å². The van der Waals surface area contributed by atoms with Gasteiger partial charge in [-0.1, -0.05) is 6.92 Å². The van der Waals surface area contributed by atoms with E-state index in [1.807, 2.05) is 18.3 Å². The molecule has 100 valence electrons. The molecule has 0 aliphatic carbocycles. The number of fused-ring (bicyclic) bond motifs is 1. The van der Waals surface area contributed by atoms with Gasteiger partial charge in [-0.3, -0.25) is 4.98 Å². The van der Waals surface area contributed by atoms with Crippen LogP contribution in [0.1, 0.15) is 32.6 Å². The summed E-state index contributed by atoms with van der Waals surface area (Å²) in [6.45, 7) is 3.44. The Morgan fingerprint density at radius 3 is 3.05 bits per heavy atom. The van der Waals surface area contributed by atoms with E-state index in [1.165, 1.54) is 36.8 Å². The molecule has 0 radical (unpaired) electrons. The Labute approximate surface area is 114 Å². The van der Waals surface area contributed by atoms with E-state index in [9.17, 15) is 0 Å². The van der Waals surface area contributed by atoms with Crippen molar-refractivity contribution in [2.24, 2.45) is 0 Å². The van der Waals surface area contributed by atoms with Crippen molar-refractivity contribution in [3.63, 3.8) is 0 Å². The summed E-state index contributed by atoms with van der Waals surface area (Å²) in [7, 11) is 0. The molecule has 1 aromatic carbocycles. The summed E-state index contributed by atoms with van der Waals surface area (Å²) in [6, 6.07) is 8.85. The van der Waals surface area contributed by atoms with Gasteiger partial charge in [0.05, 0.1) is 5.52 Å². The molecule has 1 aliphatic rings. The van der Waals surface area contributed by atoms with E-state index in [0.717, 1.165) is 17.7 Å². The summed E-state index contributed by atoms with van der Waals surface area (Å²) in [4.78, 5) is 7.00. The van der Waals surface area contributed by atoms with Gasteiger partial charge in [0.15, 0.2) is 0 Å². The lowest BCUT2D eigenvalue weighted by atomic mass is 9.98. The van der Waals surface area contributed by atoms with E-state index in [0.29, 0.717) is 6.04 Å². The molecule has 2 N–H and O–H groups in total. The molecule has 1 saturated heterocycles. The second-order valence-corrected chi connectivity index (χ2v) is 5.36. The van der Waals surface area contributed by atoms with Crippen LogP contribution in [0, 0.1) is 0 Å². The Morgan fingerprint density at radius 2 is 2.21 bits per heavy atom. The van der Waals surface area contributed by atoms with Crippen LogP contribution in [-0.2, 0) is 0 Å². The molecule has 3 nitrogen and oxygen atoms in total. The van der Waals surface area contributed by atoms with Crippen LogP contribution in [0.5, 0.6) is 0 Å². The molecule has 1 unspecified atom stereocenters. The quantitative estimate of drug-likeness (QED) is 0.834. The third kappa shape index (κ3) is 2.25. The molecular weight excluding hydrogens is 234 g/mol. The van der Waals surface area contributed by atoms with E-state index in [1.54, 1.807) is 0 Å². The maximum Gasteiger partial charge on any atom is 0.0743 e. The minimum Gasteiger partial charge on any atom is -0.399 e. The molecule has 3 heteroatoms. The number of nitrogens with two attached hydrogens (primary N) is 1. The third-order valence-electron chi connectivity index (χ3n) is 4.15. The van der Waals surface area contributed by atoms with Crippen LogP contribution < -0.4 is 10.6 Å². The first-order valence-corrected chi connectivity index (χ1v) is 7.20. The molecule has 1 aromatic heterocycles. The molecule has 3 rings (SSSR count). The summed E-state index contributed by atoms with van der Waals surface area (Å²) in [5.74, 6) is 0. The van der Waals surface area contributed by atoms with Gasteiger partial charge in [-0.25, -0.2) is 0 Å². The maximum atomic E-state index is 5.85. The normalized spacial score (nSPS) is 19.8. The van der Waals surface area contributed by atoms with Crippen LogP contribution in [0.2, 0.25) is 0 Å². The van der Waals surface area contributed by atoms with Crippen molar-refractivity contribution in [3.05, 3.63) is 30.5 Å². The van der Waals surface area contributed by atoms with Gasteiger partial charge in [-0.05, 0) is 49.9 Å². The second-order valence-electron chi connectivity index (χ2n) is 5.36. The number of nitrogen functional groups attached to an aromatic ring is 1. The van der Waals surface area contributed by atoms with Gasteiger partial charge in [0.2, 0.25) is 0 Å². The zero-order valence-corrected chi connectivity index (χ0v) is 11.5. The Balaban J connectivity index is 2.08. The number of pyridine rings is 1. The average molecular weight is 255 g/mol. The molecule has 2 heterocycles. The van der Waals surface area contributed by atoms with Gasteiger partial charge < -0.3 is 10.6 Å². The van der Waals surface area contributed by atoms with E-state index in [2.05, 4.69) is 28.9 Å². The Hall–Kier alpha value is -1.77. The highest BCUT2D eigenvalue weighted by Gasteiger charge is 2.22. The Bertz CT molecular complexity index is 579. The first kappa shape index (κ1) is 12.3. The van der Waals surface area contributed by atoms with Crippen LogP contribution >= 0.6 is 0 Å². The monoisotopic (exact) mass is 255 g/mol. The molecule has 0 amide bonds. The SMILES string of the molecule is CCC1CCCCN1c1ccnc2cc(N)ccc12. The van der Waals surface area contributed by atoms with E-state index in [-0.39, 0.29) is 0 Å². The number of nitrogens with zero attached hydrogens (tertiary/aromatic N) is 2. The number of aromatic nitrogens is 1. The predicted octanol–water partition coefficient (Wildman–Crippen LogP) is 3.59. The molecule has 0 saturated carbocycles. The van der Waals surface area contributed by atoms with Gasteiger partial charge in [-0.15, -0.1) is 0 Å². The van der Waals surface area contributed by atoms with Gasteiger partial charge >= 0.3 is 0 Å². The molecule has 1 atom stereocenters. The molecule has 1 aliphatic heterocycles. The van der Waals surface area contributed by atoms with Crippen molar-refractivity contribution in [2.45, 2.75) is 38.6 Å². The zero-order chi connectivity index (χ0) is 13.2. The predicted molar refractivity (Wildman–Crippen MR) is 81.4 cm³/mol. The number of hydrogen-bond acceptors (Lipinski definition) is 3. The van der Waals surface area contributed by atoms with Crippen LogP contribution in [0.25, 0.3) is 10.9 Å². The Kier molecular flexibility index (Phi) is 3.28. The number of hydrogen-bond donors (Lipinski definition) is 1. The van der Waals surface area contributed by atoms with E-state index < -0.39 is 0 Å². The Morgan fingerprint density at radius 1 is 1.32 bits per heavy atom. The highest BCUT2D eigenvalue weighted by atomic mass is 15.2. The maximum absolute atomic E-state index is 5.85. The summed E-state index contributed by atoms with van der Waals surface area (Å²) >= 11 is 0. The van der Waals surface area contributed by atoms with E-state index >= 15 is 0 Å². The second kappa shape index (κ2) is 5.08. The minimum atomic E-state index is 0.664. The largest absolute Gasteiger partial charge is 0.399 e. The number of piperidine rings is 1. The molecule has 0 bridgehead atoms. The lowest BCUT2D eigenvalue weighted by molar-refractivity contribution is 0.451. The van der Waals surface area contributed by atoms with Gasteiger partial charge in [0.25, 0.3) is 0 Å². The van der Waals surface area contributed by atoms with Crippen molar-refractivity contribution in [2.75, 3.05) is 17.2 Å². The lowest BCUT2D eigenvalue weighted by Crippen LogP contribution is -2.39. The van der Waals surface area contributed by atoms with Crippen LogP contribution in [0.3, 0.4) is 0 Å².